The van der Waals surface area contributed by atoms with Gasteiger partial charge in [-0.05, 0) is 37.5 Å². The van der Waals surface area contributed by atoms with Gasteiger partial charge in [-0.25, -0.2) is 0 Å². The van der Waals surface area contributed by atoms with Gasteiger partial charge in [0.1, 0.15) is 5.75 Å². The molecule has 1 aromatic carbocycles. The number of nitrogens with one attached hydrogen (secondary N) is 1. The number of H-pyrrole nitrogens is 1. The first-order valence-electron chi connectivity index (χ1n) is 9.85. The van der Waals surface area contributed by atoms with Crippen molar-refractivity contribution in [3.8, 4) is 5.75 Å². The van der Waals surface area contributed by atoms with Gasteiger partial charge in [0.25, 0.3) is 5.91 Å². The number of methoxy groups -OCH3 is 1. The predicted octanol–water partition coefficient (Wildman–Crippen LogP) is 2.93. The summed E-state index contributed by atoms with van der Waals surface area (Å²) in [5.74, 6) is 0.827. The van der Waals surface area contributed by atoms with Crippen molar-refractivity contribution in [2.75, 3.05) is 26.8 Å². The number of rotatable bonds is 4. The van der Waals surface area contributed by atoms with Crippen LogP contribution in [0.5, 0.6) is 5.75 Å². The van der Waals surface area contributed by atoms with E-state index in [0.717, 1.165) is 35.5 Å². The van der Waals surface area contributed by atoms with Crippen molar-refractivity contribution in [2.45, 2.75) is 38.7 Å². The van der Waals surface area contributed by atoms with Crippen LogP contribution in [0.3, 0.4) is 0 Å². The summed E-state index contributed by atoms with van der Waals surface area (Å²) in [4.78, 5) is 30.8. The van der Waals surface area contributed by atoms with Crippen molar-refractivity contribution in [1.29, 1.82) is 0 Å². The van der Waals surface area contributed by atoms with Gasteiger partial charge >= 0.3 is 0 Å². The molecule has 6 nitrogen and oxygen atoms in total. The zero-order valence-corrected chi connectivity index (χ0v) is 16.4. The van der Waals surface area contributed by atoms with E-state index >= 15 is 0 Å². The lowest BCUT2D eigenvalue weighted by molar-refractivity contribution is -0.0208. The largest absolute Gasteiger partial charge is 0.497 e. The Balaban J connectivity index is 1.51. The maximum Gasteiger partial charge on any atom is 0.256 e. The van der Waals surface area contributed by atoms with Gasteiger partial charge in [-0.15, -0.1) is 0 Å². The van der Waals surface area contributed by atoms with E-state index in [1.165, 1.54) is 0 Å². The first-order valence-corrected chi connectivity index (χ1v) is 9.85. The number of hydrogen-bond acceptors (Lipinski definition) is 4. The van der Waals surface area contributed by atoms with E-state index in [1.807, 2.05) is 36.1 Å². The Morgan fingerprint density at radius 1 is 1.36 bits per heavy atom. The highest BCUT2D eigenvalue weighted by molar-refractivity contribution is 6.10. The molecular weight excluding hydrogens is 356 g/mol. The van der Waals surface area contributed by atoms with Gasteiger partial charge in [-0.1, -0.05) is 12.1 Å². The van der Waals surface area contributed by atoms with Crippen molar-refractivity contribution in [3.63, 3.8) is 0 Å². The normalized spacial score (nSPS) is 19.4. The van der Waals surface area contributed by atoms with E-state index in [-0.39, 0.29) is 17.8 Å². The predicted molar refractivity (Wildman–Crippen MR) is 105 cm³/mol. The fourth-order valence-electron chi connectivity index (χ4n) is 4.25. The molecule has 0 radical (unpaired) electrons. The molecule has 6 heteroatoms. The number of nitrogens with zero attached hydrogens (tertiary/aromatic N) is 1. The molecule has 1 saturated heterocycles. The number of ether oxygens (including phenoxy) is 2. The standard InChI is InChI=1S/C22H26N2O4/c1-14-20(21-18(23-14)7-4-8-19(21)25)22(26)24-9-10-28-17(13-24)12-15-5-3-6-16(11-15)27-2/h3,5-6,11,17,23H,4,7-10,12-13H2,1-2H3. The summed E-state index contributed by atoms with van der Waals surface area (Å²) in [6.07, 6.45) is 2.84. The topological polar surface area (TPSA) is 71.6 Å². The molecule has 2 heterocycles. The Morgan fingerprint density at radius 3 is 3.04 bits per heavy atom. The summed E-state index contributed by atoms with van der Waals surface area (Å²) in [5, 5.41) is 0. The van der Waals surface area contributed by atoms with Crippen molar-refractivity contribution < 1.29 is 19.1 Å². The van der Waals surface area contributed by atoms with Crippen LogP contribution in [0.15, 0.2) is 24.3 Å². The fourth-order valence-corrected chi connectivity index (χ4v) is 4.25. The quantitative estimate of drug-likeness (QED) is 0.883. The van der Waals surface area contributed by atoms with Crippen molar-refractivity contribution in [1.82, 2.24) is 9.88 Å². The van der Waals surface area contributed by atoms with E-state index < -0.39 is 0 Å². The highest BCUT2D eigenvalue weighted by atomic mass is 16.5. The maximum atomic E-state index is 13.3. The van der Waals surface area contributed by atoms with Crippen LogP contribution < -0.4 is 4.74 Å². The van der Waals surface area contributed by atoms with Gasteiger partial charge in [-0.2, -0.15) is 0 Å². The van der Waals surface area contributed by atoms with Gasteiger partial charge in [0.05, 0.1) is 30.9 Å². The summed E-state index contributed by atoms with van der Waals surface area (Å²) in [6.45, 7) is 3.44. The summed E-state index contributed by atoms with van der Waals surface area (Å²) in [6, 6.07) is 7.91. The first kappa shape index (κ1) is 18.7. The van der Waals surface area contributed by atoms with Crippen LogP contribution in [0.25, 0.3) is 0 Å². The van der Waals surface area contributed by atoms with Gasteiger partial charge in [0.15, 0.2) is 5.78 Å². The van der Waals surface area contributed by atoms with Gasteiger partial charge in [0, 0.05) is 37.3 Å². The molecule has 1 aliphatic carbocycles. The van der Waals surface area contributed by atoms with Crippen LogP contribution >= 0.6 is 0 Å². The molecule has 0 bridgehead atoms. The number of amides is 1. The van der Waals surface area contributed by atoms with Crippen LogP contribution in [0.4, 0.5) is 0 Å². The van der Waals surface area contributed by atoms with Crippen LogP contribution in [0.2, 0.25) is 0 Å². The number of carbonyl (C=O) groups excluding carboxylic acids is 2. The minimum atomic E-state index is -0.0735. The number of aromatic amines is 1. The lowest BCUT2D eigenvalue weighted by atomic mass is 9.92. The smallest absolute Gasteiger partial charge is 0.256 e. The first-order chi connectivity index (χ1) is 13.6. The lowest BCUT2D eigenvalue weighted by Gasteiger charge is -2.33. The Labute approximate surface area is 164 Å². The van der Waals surface area contributed by atoms with Crippen LogP contribution in [0, 0.1) is 6.92 Å². The molecule has 4 rings (SSSR count). The minimum Gasteiger partial charge on any atom is -0.497 e. The maximum absolute atomic E-state index is 13.3. The molecule has 28 heavy (non-hydrogen) atoms. The van der Waals surface area contributed by atoms with E-state index in [2.05, 4.69) is 4.98 Å². The molecular formula is C22H26N2O4. The fraction of sp³-hybridized carbons (Fsp3) is 0.455. The number of benzene rings is 1. The number of aryl methyl sites for hydroxylation is 2. The number of fused-ring (bicyclic) bond motifs is 1. The summed E-state index contributed by atoms with van der Waals surface area (Å²) in [7, 11) is 1.65. The third-order valence-electron chi connectivity index (χ3n) is 5.61. The Kier molecular flexibility index (Phi) is 5.22. The Hall–Kier alpha value is -2.60. The number of morpholine rings is 1. The summed E-state index contributed by atoms with van der Waals surface area (Å²) < 4.78 is 11.2. The average Bonchev–Trinajstić information content (AvgIpc) is 3.05. The third kappa shape index (κ3) is 3.56. The zero-order valence-electron chi connectivity index (χ0n) is 16.4. The molecule has 1 N–H and O–H groups in total. The molecule has 2 aromatic rings. The van der Waals surface area contributed by atoms with Crippen LogP contribution in [0.1, 0.15) is 50.5 Å². The molecule has 0 spiro atoms. The van der Waals surface area contributed by atoms with E-state index in [9.17, 15) is 9.59 Å². The van der Waals surface area contributed by atoms with Crippen LogP contribution in [-0.2, 0) is 17.6 Å². The second-order valence-electron chi connectivity index (χ2n) is 7.55. The Bertz CT molecular complexity index is 902. The Morgan fingerprint density at radius 2 is 2.21 bits per heavy atom. The monoisotopic (exact) mass is 382 g/mol. The zero-order chi connectivity index (χ0) is 19.7. The van der Waals surface area contributed by atoms with Crippen molar-refractivity contribution in [2.24, 2.45) is 0 Å². The van der Waals surface area contributed by atoms with Gasteiger partial charge < -0.3 is 19.4 Å². The second-order valence-corrected chi connectivity index (χ2v) is 7.55. The average molecular weight is 382 g/mol. The summed E-state index contributed by atoms with van der Waals surface area (Å²) in [5.41, 5.74) is 4.00. The molecule has 1 unspecified atom stereocenters. The SMILES string of the molecule is COc1cccc(CC2CN(C(=O)c3c(C)[nH]c4c3C(=O)CCC4)CCO2)c1. The van der Waals surface area contributed by atoms with E-state index in [1.54, 1.807) is 7.11 Å². The third-order valence-corrected chi connectivity index (χ3v) is 5.61. The summed E-state index contributed by atoms with van der Waals surface area (Å²) >= 11 is 0. The van der Waals surface area contributed by atoms with E-state index in [0.29, 0.717) is 43.7 Å². The molecule has 1 fully saturated rings. The second kappa shape index (κ2) is 7.80. The van der Waals surface area contributed by atoms with Gasteiger partial charge in [0.2, 0.25) is 0 Å². The molecule has 148 valence electrons. The molecule has 2 aliphatic rings. The molecule has 1 atom stereocenters. The van der Waals surface area contributed by atoms with E-state index in [4.69, 9.17) is 9.47 Å². The minimum absolute atomic E-state index is 0.0656. The molecule has 0 saturated carbocycles. The highest BCUT2D eigenvalue weighted by Gasteiger charge is 2.33. The highest BCUT2D eigenvalue weighted by Crippen LogP contribution is 2.28. The number of Topliss-reactive ketones (excluding diaryl/α,β-unsaturated/α-hetero) is 1. The number of hydrogen-bond donors (Lipinski definition) is 1. The van der Waals surface area contributed by atoms with Crippen molar-refractivity contribution >= 4 is 11.7 Å². The number of aromatic nitrogens is 1. The number of carbonyl (C=O) groups is 2. The molecule has 1 aliphatic heterocycles. The van der Waals surface area contributed by atoms with Crippen molar-refractivity contribution in [3.05, 3.63) is 52.3 Å². The number of ketones is 1. The van der Waals surface area contributed by atoms with Gasteiger partial charge in [-0.3, -0.25) is 9.59 Å². The van der Waals surface area contributed by atoms with Crippen LogP contribution in [-0.4, -0.2) is 54.5 Å². The molecule has 1 amide bonds. The lowest BCUT2D eigenvalue weighted by Crippen LogP contribution is -2.46. The molecule has 1 aromatic heterocycles.